The minimum atomic E-state index is -0.663. The minimum Gasteiger partial charge on any atom is -0.481 e. The highest BCUT2D eigenvalue weighted by molar-refractivity contribution is 9.10. The highest BCUT2D eigenvalue weighted by Gasteiger charge is 2.33. The molecule has 0 bridgehead atoms. The number of esters is 2. The molecule has 0 radical (unpaired) electrons. The van der Waals surface area contributed by atoms with Gasteiger partial charge in [-0.05, 0) is 70.6 Å². The molecule has 0 amide bonds. The summed E-state index contributed by atoms with van der Waals surface area (Å²) in [6, 6.07) is 12.6. The molecule has 39 heavy (non-hydrogen) atoms. The van der Waals surface area contributed by atoms with Gasteiger partial charge in [-0.3, -0.25) is 9.36 Å². The number of fused-ring (bicyclic) bond motifs is 1. The quantitative estimate of drug-likeness (QED) is 0.353. The second-order valence-corrected chi connectivity index (χ2v) is 11.0. The van der Waals surface area contributed by atoms with E-state index in [1.807, 2.05) is 24.3 Å². The number of hydrogen-bond acceptors (Lipinski definition) is 8. The lowest BCUT2D eigenvalue weighted by Crippen LogP contribution is -2.39. The first kappa shape index (κ1) is 28.5. The summed E-state index contributed by atoms with van der Waals surface area (Å²) in [5, 5.41) is 0. The molecule has 10 heteroatoms. The van der Waals surface area contributed by atoms with Crippen LogP contribution in [-0.2, 0) is 19.1 Å². The van der Waals surface area contributed by atoms with Gasteiger partial charge in [0.25, 0.3) is 5.56 Å². The molecule has 1 aliphatic heterocycles. The number of halogens is 1. The molecule has 0 fully saturated rings. The van der Waals surface area contributed by atoms with Gasteiger partial charge in [-0.1, -0.05) is 55.5 Å². The number of thiazole rings is 1. The standard InChI is InChI=1S/C29H29BrN2O6S/c1-6-37-28(35)25-17(4)31-29-32(26(25)20-10-8-19(9-11-20)16(2)3)27(34)23(39-29)14-18-7-12-22(21(30)13-18)38-15-24(33)36-5/h7-14,16,26H,6,15H2,1-5H3/b23-14-. The van der Waals surface area contributed by atoms with Crippen molar-refractivity contribution in [2.24, 2.45) is 4.99 Å². The van der Waals surface area contributed by atoms with E-state index in [-0.39, 0.29) is 18.8 Å². The lowest BCUT2D eigenvalue weighted by Gasteiger charge is -2.25. The summed E-state index contributed by atoms with van der Waals surface area (Å²) in [6.45, 7) is 7.74. The van der Waals surface area contributed by atoms with Crippen molar-refractivity contribution >= 4 is 45.3 Å². The molecule has 1 aliphatic rings. The first-order chi connectivity index (χ1) is 18.6. The van der Waals surface area contributed by atoms with Crippen LogP contribution in [0.4, 0.5) is 0 Å². The third-order valence-electron chi connectivity index (χ3n) is 6.26. The molecule has 4 rings (SSSR count). The van der Waals surface area contributed by atoms with E-state index in [2.05, 4.69) is 39.5 Å². The van der Waals surface area contributed by atoms with Crippen LogP contribution in [0.3, 0.4) is 0 Å². The Morgan fingerprint density at radius 2 is 1.90 bits per heavy atom. The van der Waals surface area contributed by atoms with Crippen molar-refractivity contribution in [2.75, 3.05) is 20.3 Å². The Kier molecular flexibility index (Phi) is 8.87. The summed E-state index contributed by atoms with van der Waals surface area (Å²) < 4.78 is 18.1. The lowest BCUT2D eigenvalue weighted by atomic mass is 9.93. The highest BCUT2D eigenvalue weighted by atomic mass is 79.9. The Morgan fingerprint density at radius 3 is 2.51 bits per heavy atom. The zero-order chi connectivity index (χ0) is 28.3. The third-order valence-corrected chi connectivity index (χ3v) is 7.87. The molecule has 0 saturated heterocycles. The molecule has 8 nitrogen and oxygen atoms in total. The smallest absolute Gasteiger partial charge is 0.343 e. The van der Waals surface area contributed by atoms with E-state index in [0.29, 0.717) is 36.7 Å². The summed E-state index contributed by atoms with van der Waals surface area (Å²) in [5.41, 5.74) is 3.33. The largest absolute Gasteiger partial charge is 0.481 e. The summed E-state index contributed by atoms with van der Waals surface area (Å²) in [4.78, 5) is 43.4. The molecule has 2 heterocycles. The number of ether oxygens (including phenoxy) is 3. The number of methoxy groups -OCH3 is 1. The number of carbonyl (C=O) groups is 2. The van der Waals surface area contributed by atoms with Crippen LogP contribution in [0.1, 0.15) is 56.3 Å². The average molecular weight is 614 g/mol. The van der Waals surface area contributed by atoms with Gasteiger partial charge >= 0.3 is 11.9 Å². The van der Waals surface area contributed by atoms with Crippen LogP contribution in [0.2, 0.25) is 0 Å². The fourth-order valence-electron chi connectivity index (χ4n) is 4.24. The zero-order valence-corrected chi connectivity index (χ0v) is 24.7. The maximum Gasteiger partial charge on any atom is 0.343 e. The second-order valence-electron chi connectivity index (χ2n) is 9.18. The van der Waals surface area contributed by atoms with Crippen molar-refractivity contribution < 1.29 is 23.8 Å². The van der Waals surface area contributed by atoms with Crippen LogP contribution in [0, 0.1) is 0 Å². The minimum absolute atomic E-state index is 0.215. The number of nitrogens with zero attached hydrogens (tertiary/aromatic N) is 2. The van der Waals surface area contributed by atoms with Gasteiger partial charge in [0.1, 0.15) is 5.75 Å². The van der Waals surface area contributed by atoms with Gasteiger partial charge in [0.15, 0.2) is 11.4 Å². The van der Waals surface area contributed by atoms with Crippen LogP contribution in [-0.4, -0.2) is 36.8 Å². The number of hydrogen-bond donors (Lipinski definition) is 0. The molecule has 1 aromatic heterocycles. The third kappa shape index (κ3) is 6.07. The van der Waals surface area contributed by atoms with Gasteiger partial charge < -0.3 is 14.2 Å². The SMILES string of the molecule is CCOC(=O)C1=C(C)N=c2s/c(=C\c3ccc(OCC(=O)OC)c(Br)c3)c(=O)n2C1c1ccc(C(C)C)cc1. The molecular formula is C29H29BrN2O6S. The summed E-state index contributed by atoms with van der Waals surface area (Å²) in [7, 11) is 1.29. The van der Waals surface area contributed by atoms with Crippen LogP contribution >= 0.6 is 27.3 Å². The van der Waals surface area contributed by atoms with E-state index in [4.69, 9.17) is 9.47 Å². The monoisotopic (exact) mass is 612 g/mol. The van der Waals surface area contributed by atoms with E-state index in [9.17, 15) is 14.4 Å². The number of aromatic nitrogens is 1. The van der Waals surface area contributed by atoms with Crippen molar-refractivity contribution in [1.82, 2.24) is 4.57 Å². The van der Waals surface area contributed by atoms with Gasteiger partial charge in [0.2, 0.25) is 0 Å². The topological polar surface area (TPSA) is 96.2 Å². The highest BCUT2D eigenvalue weighted by Crippen LogP contribution is 2.32. The van der Waals surface area contributed by atoms with Crippen molar-refractivity contribution in [3.05, 3.63) is 94.6 Å². The normalized spacial score (nSPS) is 15.2. The van der Waals surface area contributed by atoms with E-state index in [1.54, 1.807) is 42.7 Å². The van der Waals surface area contributed by atoms with Crippen LogP contribution < -0.4 is 19.6 Å². The van der Waals surface area contributed by atoms with Crippen molar-refractivity contribution in [3.63, 3.8) is 0 Å². The summed E-state index contributed by atoms with van der Waals surface area (Å²) in [6.07, 6.45) is 1.76. The zero-order valence-electron chi connectivity index (χ0n) is 22.3. The van der Waals surface area contributed by atoms with Gasteiger partial charge in [0, 0.05) is 0 Å². The lowest BCUT2D eigenvalue weighted by molar-refractivity contribution is -0.143. The maximum absolute atomic E-state index is 13.8. The van der Waals surface area contributed by atoms with Crippen molar-refractivity contribution in [2.45, 2.75) is 39.7 Å². The number of carbonyl (C=O) groups excluding carboxylic acids is 2. The van der Waals surface area contributed by atoms with E-state index < -0.39 is 18.0 Å². The molecule has 0 spiro atoms. The van der Waals surface area contributed by atoms with Gasteiger partial charge in [-0.25, -0.2) is 14.6 Å². The molecule has 0 saturated carbocycles. The van der Waals surface area contributed by atoms with Crippen LogP contribution in [0.5, 0.6) is 5.75 Å². The molecule has 204 valence electrons. The average Bonchev–Trinajstić information content (AvgIpc) is 3.21. The molecule has 2 aromatic carbocycles. The number of allylic oxidation sites excluding steroid dienone is 1. The van der Waals surface area contributed by atoms with Crippen molar-refractivity contribution in [1.29, 1.82) is 0 Å². The number of rotatable bonds is 8. The molecular weight excluding hydrogens is 584 g/mol. The Morgan fingerprint density at radius 1 is 1.18 bits per heavy atom. The Labute approximate surface area is 238 Å². The fraction of sp³-hybridized carbons (Fsp3) is 0.310. The van der Waals surface area contributed by atoms with Crippen molar-refractivity contribution in [3.8, 4) is 5.75 Å². The molecule has 0 N–H and O–H groups in total. The van der Waals surface area contributed by atoms with E-state index in [0.717, 1.165) is 16.7 Å². The van der Waals surface area contributed by atoms with E-state index >= 15 is 0 Å². The van der Waals surface area contributed by atoms with Gasteiger partial charge in [-0.15, -0.1) is 0 Å². The van der Waals surface area contributed by atoms with Crippen LogP contribution in [0.15, 0.2) is 68.0 Å². The molecule has 1 unspecified atom stereocenters. The first-order valence-electron chi connectivity index (χ1n) is 12.4. The molecule has 1 atom stereocenters. The molecule has 0 aliphatic carbocycles. The molecule has 3 aromatic rings. The van der Waals surface area contributed by atoms with Gasteiger partial charge in [-0.2, -0.15) is 0 Å². The summed E-state index contributed by atoms with van der Waals surface area (Å²) in [5.74, 6) is -0.159. The predicted molar refractivity (Wildman–Crippen MR) is 153 cm³/mol. The Bertz CT molecular complexity index is 1620. The number of benzene rings is 2. The Hall–Kier alpha value is -3.50. The second kappa shape index (κ2) is 12.1. The first-order valence-corrected chi connectivity index (χ1v) is 14.0. The fourth-order valence-corrected chi connectivity index (χ4v) is 5.80. The Balaban J connectivity index is 1.80. The predicted octanol–water partition coefficient (Wildman–Crippen LogP) is 4.24. The summed E-state index contributed by atoms with van der Waals surface area (Å²) >= 11 is 4.71. The van der Waals surface area contributed by atoms with Gasteiger partial charge in [0.05, 0.1) is 40.0 Å². The van der Waals surface area contributed by atoms with Crippen LogP contribution in [0.25, 0.3) is 6.08 Å². The van der Waals surface area contributed by atoms with E-state index in [1.165, 1.54) is 18.4 Å². The maximum atomic E-state index is 13.8.